The van der Waals surface area contributed by atoms with Crippen molar-refractivity contribution in [1.82, 2.24) is 10.3 Å². The van der Waals surface area contributed by atoms with Crippen LogP contribution in [0.25, 0.3) is 0 Å². The average molecular weight is 276 g/mol. The Labute approximate surface area is 115 Å². The van der Waals surface area contributed by atoms with E-state index < -0.39 is 0 Å². The number of hydrogen-bond acceptors (Lipinski definition) is 2. The number of amides is 1. The molecule has 3 nitrogen and oxygen atoms in total. The predicted octanol–water partition coefficient (Wildman–Crippen LogP) is 3.37. The number of pyridine rings is 1. The zero-order chi connectivity index (χ0) is 13.8. The Kier molecular flexibility index (Phi) is 4.06. The molecule has 0 aliphatic carbocycles. The number of benzene rings is 1. The molecule has 5 heteroatoms. The molecule has 2 aromatic rings. The maximum absolute atomic E-state index is 12.8. The number of H-pyrrole nitrogens is 1. The highest BCUT2D eigenvalue weighted by Gasteiger charge is 2.12. The Hall–Kier alpha value is -2.01. The van der Waals surface area contributed by atoms with Crippen LogP contribution in [0.4, 0.5) is 4.39 Å². The topological polar surface area (TPSA) is 44.9 Å². The van der Waals surface area contributed by atoms with Crippen molar-refractivity contribution in [2.45, 2.75) is 13.0 Å². The first-order chi connectivity index (χ1) is 9.08. The summed E-state index contributed by atoms with van der Waals surface area (Å²) in [5.74, 6) is -0.550. The second-order valence-electron chi connectivity index (χ2n) is 4.16. The van der Waals surface area contributed by atoms with E-state index in [2.05, 4.69) is 10.3 Å². The van der Waals surface area contributed by atoms with E-state index in [-0.39, 0.29) is 17.8 Å². The van der Waals surface area contributed by atoms with E-state index in [0.29, 0.717) is 10.2 Å². The predicted molar refractivity (Wildman–Crippen MR) is 73.9 cm³/mol. The smallest absolute Gasteiger partial charge is 0.254 e. The van der Waals surface area contributed by atoms with Crippen LogP contribution in [-0.4, -0.2) is 10.9 Å². The van der Waals surface area contributed by atoms with Gasteiger partial charge >= 0.3 is 0 Å². The van der Waals surface area contributed by atoms with Crippen LogP contribution in [0, 0.1) is 10.5 Å². The molecule has 1 unspecified atom stereocenters. The second-order valence-corrected chi connectivity index (χ2v) is 4.57. The van der Waals surface area contributed by atoms with E-state index >= 15 is 0 Å². The van der Waals surface area contributed by atoms with E-state index in [9.17, 15) is 9.18 Å². The molecule has 0 saturated carbocycles. The summed E-state index contributed by atoms with van der Waals surface area (Å²) in [4.78, 5) is 14.8. The Balaban J connectivity index is 2.13. The molecule has 1 heterocycles. The molecule has 98 valence electrons. The van der Waals surface area contributed by atoms with Gasteiger partial charge < -0.3 is 10.3 Å². The van der Waals surface area contributed by atoms with Crippen molar-refractivity contribution in [3.63, 3.8) is 0 Å². The van der Waals surface area contributed by atoms with Crippen molar-refractivity contribution in [1.29, 1.82) is 0 Å². The van der Waals surface area contributed by atoms with Gasteiger partial charge in [-0.05, 0) is 36.8 Å². The summed E-state index contributed by atoms with van der Waals surface area (Å²) in [6.45, 7) is 1.83. The zero-order valence-electron chi connectivity index (χ0n) is 10.3. The summed E-state index contributed by atoms with van der Waals surface area (Å²) in [5, 5.41) is 2.82. The fourth-order valence-corrected chi connectivity index (χ4v) is 1.94. The van der Waals surface area contributed by atoms with Crippen molar-refractivity contribution < 1.29 is 9.18 Å². The highest BCUT2D eigenvalue weighted by Crippen LogP contribution is 2.13. The molecule has 0 saturated heterocycles. The molecule has 1 amide bonds. The minimum Gasteiger partial charge on any atom is -0.352 e. The van der Waals surface area contributed by atoms with E-state index in [1.54, 1.807) is 30.5 Å². The monoisotopic (exact) mass is 276 g/mol. The Bertz CT molecular complexity index is 636. The van der Waals surface area contributed by atoms with E-state index in [0.717, 1.165) is 5.56 Å². The van der Waals surface area contributed by atoms with E-state index in [4.69, 9.17) is 12.2 Å². The number of hydrogen-bond donors (Lipinski definition) is 2. The number of carbonyl (C=O) groups excluding carboxylic acids is 1. The van der Waals surface area contributed by atoms with Gasteiger partial charge in [-0.15, -0.1) is 0 Å². The van der Waals surface area contributed by atoms with Crippen LogP contribution in [0.2, 0.25) is 0 Å². The third-order valence-electron chi connectivity index (χ3n) is 2.78. The Morgan fingerprint density at radius 1 is 1.32 bits per heavy atom. The maximum atomic E-state index is 12.8. The van der Waals surface area contributed by atoms with Gasteiger partial charge in [0.15, 0.2) is 0 Å². The minimum atomic E-state index is -0.298. The molecule has 0 spiro atoms. The number of rotatable bonds is 3. The zero-order valence-corrected chi connectivity index (χ0v) is 11.1. The molecule has 0 bridgehead atoms. The third-order valence-corrected chi connectivity index (χ3v) is 3.12. The normalized spacial score (nSPS) is 11.9. The number of carbonyl (C=O) groups is 1. The van der Waals surface area contributed by atoms with Crippen LogP contribution in [0.3, 0.4) is 0 Å². The summed E-state index contributed by atoms with van der Waals surface area (Å²) in [7, 11) is 0. The van der Waals surface area contributed by atoms with E-state index in [1.165, 1.54) is 12.1 Å². The molecule has 0 aliphatic heterocycles. The number of aromatic nitrogens is 1. The van der Waals surface area contributed by atoms with Gasteiger partial charge in [-0.1, -0.05) is 24.4 Å². The molecule has 1 aromatic heterocycles. The highest BCUT2D eigenvalue weighted by molar-refractivity contribution is 7.71. The van der Waals surface area contributed by atoms with Gasteiger partial charge in [0.1, 0.15) is 10.5 Å². The van der Waals surface area contributed by atoms with Crippen molar-refractivity contribution in [2.75, 3.05) is 0 Å². The fraction of sp³-hybridized carbons (Fsp3) is 0.143. The number of nitrogens with one attached hydrogen (secondary N) is 2. The van der Waals surface area contributed by atoms with Crippen LogP contribution in [0.15, 0.2) is 42.6 Å². The fourth-order valence-electron chi connectivity index (χ4n) is 1.71. The molecule has 19 heavy (non-hydrogen) atoms. The van der Waals surface area contributed by atoms with Gasteiger partial charge in [-0.25, -0.2) is 4.39 Å². The first kappa shape index (κ1) is 13.4. The SMILES string of the molecule is CC(NC(=O)c1ccc[nH]c1=S)c1ccc(F)cc1. The molecule has 0 fully saturated rings. The molecule has 0 radical (unpaired) electrons. The van der Waals surface area contributed by atoms with Crippen LogP contribution in [0.1, 0.15) is 28.9 Å². The van der Waals surface area contributed by atoms with Crippen LogP contribution in [0.5, 0.6) is 0 Å². The van der Waals surface area contributed by atoms with E-state index in [1.807, 2.05) is 6.92 Å². The first-order valence-corrected chi connectivity index (χ1v) is 6.23. The Morgan fingerprint density at radius 2 is 2.00 bits per heavy atom. The van der Waals surface area contributed by atoms with Gasteiger partial charge in [-0.2, -0.15) is 0 Å². The second kappa shape index (κ2) is 5.75. The minimum absolute atomic E-state index is 0.220. The van der Waals surface area contributed by atoms with Crippen molar-refractivity contribution in [3.05, 3.63) is 64.2 Å². The summed E-state index contributed by atoms with van der Waals surface area (Å²) in [5.41, 5.74) is 1.26. The van der Waals surface area contributed by atoms with Gasteiger partial charge in [0.25, 0.3) is 5.91 Å². The van der Waals surface area contributed by atoms with Gasteiger partial charge in [0.05, 0.1) is 11.6 Å². The molecular formula is C14H13FN2OS. The maximum Gasteiger partial charge on any atom is 0.254 e. The average Bonchev–Trinajstić information content (AvgIpc) is 2.39. The quantitative estimate of drug-likeness (QED) is 0.844. The third kappa shape index (κ3) is 3.26. The lowest BCUT2D eigenvalue weighted by atomic mass is 10.1. The summed E-state index contributed by atoms with van der Waals surface area (Å²) in [6, 6.07) is 9.18. The lowest BCUT2D eigenvalue weighted by Gasteiger charge is -2.14. The summed E-state index contributed by atoms with van der Waals surface area (Å²) in [6.07, 6.45) is 1.67. The van der Waals surface area contributed by atoms with Crippen molar-refractivity contribution >= 4 is 18.1 Å². The highest BCUT2D eigenvalue weighted by atomic mass is 32.1. The van der Waals surface area contributed by atoms with Gasteiger partial charge in [0, 0.05) is 6.20 Å². The van der Waals surface area contributed by atoms with Crippen molar-refractivity contribution in [3.8, 4) is 0 Å². The summed E-state index contributed by atoms with van der Waals surface area (Å²) < 4.78 is 13.2. The first-order valence-electron chi connectivity index (χ1n) is 5.82. The molecule has 1 aromatic carbocycles. The van der Waals surface area contributed by atoms with Crippen molar-refractivity contribution in [2.24, 2.45) is 0 Å². The van der Waals surface area contributed by atoms with Crippen LogP contribution >= 0.6 is 12.2 Å². The van der Waals surface area contributed by atoms with Gasteiger partial charge in [-0.3, -0.25) is 4.79 Å². The standard InChI is InChI=1S/C14H13FN2OS/c1-9(10-4-6-11(15)7-5-10)17-13(18)12-3-2-8-16-14(12)19/h2-9H,1H3,(H,16,19)(H,17,18). The molecule has 2 N–H and O–H groups in total. The lowest BCUT2D eigenvalue weighted by Crippen LogP contribution is -2.27. The molecule has 0 aliphatic rings. The van der Waals surface area contributed by atoms with Crippen LogP contribution < -0.4 is 5.32 Å². The molecule has 2 rings (SSSR count). The molecular weight excluding hydrogens is 263 g/mol. The molecule has 1 atom stereocenters. The largest absolute Gasteiger partial charge is 0.352 e. The van der Waals surface area contributed by atoms with Crippen LogP contribution in [-0.2, 0) is 0 Å². The van der Waals surface area contributed by atoms with Gasteiger partial charge in [0.2, 0.25) is 0 Å². The number of aromatic amines is 1. The lowest BCUT2D eigenvalue weighted by molar-refractivity contribution is 0.0939. The number of halogens is 1. The Morgan fingerprint density at radius 3 is 2.63 bits per heavy atom. The summed E-state index contributed by atoms with van der Waals surface area (Å²) >= 11 is 5.05.